The Hall–Kier alpha value is -1.03. The molecule has 0 spiro atoms. The lowest BCUT2D eigenvalue weighted by Crippen LogP contribution is -2.38. The first-order valence-electron chi connectivity index (χ1n) is 7.08. The van der Waals surface area contributed by atoms with E-state index in [0.29, 0.717) is 6.54 Å². The van der Waals surface area contributed by atoms with E-state index in [2.05, 4.69) is 26.1 Å². The van der Waals surface area contributed by atoms with Gasteiger partial charge in [-0.3, -0.25) is 0 Å². The second kappa shape index (κ2) is 5.40. The van der Waals surface area contributed by atoms with Crippen molar-refractivity contribution in [2.45, 2.75) is 51.2 Å². The summed E-state index contributed by atoms with van der Waals surface area (Å²) in [5.74, 6) is -1.18. The van der Waals surface area contributed by atoms with Crippen molar-refractivity contribution in [2.24, 2.45) is 5.92 Å². The van der Waals surface area contributed by atoms with Gasteiger partial charge in [0.2, 0.25) is 0 Å². The Kier molecular flexibility index (Phi) is 4.14. The molecule has 1 heterocycles. The molecule has 0 aromatic heterocycles. The lowest BCUT2D eigenvalue weighted by molar-refractivity contribution is -0.183. The van der Waals surface area contributed by atoms with Crippen LogP contribution in [0.3, 0.4) is 0 Å². The average Bonchev–Trinajstić information content (AvgIpc) is 2.37. The molecule has 2 atom stereocenters. The molecular weight excluding hydrogens is 263 g/mol. The molecular formula is C16H22F3N. The van der Waals surface area contributed by atoms with Crippen LogP contribution in [0.25, 0.3) is 0 Å². The van der Waals surface area contributed by atoms with Gasteiger partial charge >= 0.3 is 6.18 Å². The van der Waals surface area contributed by atoms with Crippen LogP contribution in [0, 0.1) is 5.92 Å². The summed E-state index contributed by atoms with van der Waals surface area (Å²) >= 11 is 0. The van der Waals surface area contributed by atoms with Gasteiger partial charge in [-0.1, -0.05) is 45.0 Å². The predicted molar refractivity (Wildman–Crippen MR) is 74.7 cm³/mol. The van der Waals surface area contributed by atoms with E-state index in [1.807, 2.05) is 24.3 Å². The summed E-state index contributed by atoms with van der Waals surface area (Å²) in [7, 11) is 0. The quantitative estimate of drug-likeness (QED) is 0.796. The average molecular weight is 285 g/mol. The zero-order valence-electron chi connectivity index (χ0n) is 12.2. The third-order valence-electron chi connectivity index (χ3n) is 4.05. The van der Waals surface area contributed by atoms with E-state index in [0.717, 1.165) is 5.56 Å². The monoisotopic (exact) mass is 285 g/mol. The number of nitrogens with one attached hydrogen (secondary N) is 1. The Labute approximate surface area is 118 Å². The van der Waals surface area contributed by atoms with Crippen molar-refractivity contribution in [3.63, 3.8) is 0 Å². The first-order valence-corrected chi connectivity index (χ1v) is 7.08. The van der Waals surface area contributed by atoms with Crippen molar-refractivity contribution in [1.29, 1.82) is 0 Å². The molecule has 1 N–H and O–H groups in total. The molecule has 0 aliphatic carbocycles. The fourth-order valence-corrected chi connectivity index (χ4v) is 2.68. The maximum Gasteiger partial charge on any atom is 0.391 e. The maximum atomic E-state index is 12.8. The third-order valence-corrected chi connectivity index (χ3v) is 4.05. The number of hydrogen-bond donors (Lipinski definition) is 1. The van der Waals surface area contributed by atoms with E-state index in [1.54, 1.807) is 0 Å². The highest BCUT2D eigenvalue weighted by atomic mass is 19.4. The van der Waals surface area contributed by atoms with Gasteiger partial charge in [-0.05, 0) is 35.9 Å². The number of halogens is 3. The number of alkyl halides is 3. The molecule has 4 heteroatoms. The SMILES string of the molecule is CC(C)(C)c1ccc(C2CC(C(F)(F)F)CCN2)cc1. The van der Waals surface area contributed by atoms with Gasteiger partial charge in [0.25, 0.3) is 0 Å². The van der Waals surface area contributed by atoms with E-state index in [-0.39, 0.29) is 24.3 Å². The fourth-order valence-electron chi connectivity index (χ4n) is 2.68. The first-order chi connectivity index (χ1) is 9.18. The standard InChI is InChI=1S/C16H22F3N/c1-15(2,3)12-6-4-11(5-7-12)14-10-13(8-9-20-14)16(17,18)19/h4-7,13-14,20H,8-10H2,1-3H3. The smallest absolute Gasteiger partial charge is 0.310 e. The minimum Gasteiger partial charge on any atom is -0.310 e. The summed E-state index contributed by atoms with van der Waals surface area (Å²) in [6, 6.07) is 7.76. The Morgan fingerprint density at radius 2 is 1.65 bits per heavy atom. The Bertz CT molecular complexity index is 442. The normalized spacial score (nSPS) is 24.7. The molecule has 1 saturated heterocycles. The molecule has 1 aliphatic heterocycles. The number of benzene rings is 1. The van der Waals surface area contributed by atoms with Crippen LogP contribution in [0.15, 0.2) is 24.3 Å². The van der Waals surface area contributed by atoms with Crippen molar-refractivity contribution < 1.29 is 13.2 Å². The molecule has 2 unspecified atom stereocenters. The molecule has 0 bridgehead atoms. The first kappa shape index (κ1) is 15.4. The van der Waals surface area contributed by atoms with Crippen LogP contribution in [0.1, 0.15) is 50.8 Å². The molecule has 1 fully saturated rings. The molecule has 0 saturated carbocycles. The van der Waals surface area contributed by atoms with Gasteiger partial charge in [0, 0.05) is 6.04 Å². The van der Waals surface area contributed by atoms with Crippen LogP contribution in [-0.4, -0.2) is 12.7 Å². The van der Waals surface area contributed by atoms with Crippen LogP contribution in [-0.2, 0) is 5.41 Å². The lowest BCUT2D eigenvalue weighted by Gasteiger charge is -2.32. The van der Waals surface area contributed by atoms with Gasteiger partial charge in [0.1, 0.15) is 0 Å². The number of hydrogen-bond acceptors (Lipinski definition) is 1. The van der Waals surface area contributed by atoms with Gasteiger partial charge < -0.3 is 5.32 Å². The van der Waals surface area contributed by atoms with Crippen molar-refractivity contribution in [3.05, 3.63) is 35.4 Å². The zero-order valence-corrected chi connectivity index (χ0v) is 12.2. The van der Waals surface area contributed by atoms with Crippen LogP contribution < -0.4 is 5.32 Å². The van der Waals surface area contributed by atoms with Crippen molar-refractivity contribution >= 4 is 0 Å². The van der Waals surface area contributed by atoms with Gasteiger partial charge in [-0.25, -0.2) is 0 Å². The van der Waals surface area contributed by atoms with Crippen LogP contribution in [0.5, 0.6) is 0 Å². The molecule has 1 aromatic carbocycles. The van der Waals surface area contributed by atoms with Crippen molar-refractivity contribution in [1.82, 2.24) is 5.32 Å². The van der Waals surface area contributed by atoms with E-state index >= 15 is 0 Å². The Morgan fingerprint density at radius 1 is 1.05 bits per heavy atom. The summed E-state index contributed by atoms with van der Waals surface area (Å²) in [5.41, 5.74) is 2.21. The van der Waals surface area contributed by atoms with E-state index in [4.69, 9.17) is 0 Å². The van der Waals surface area contributed by atoms with E-state index < -0.39 is 12.1 Å². The summed E-state index contributed by atoms with van der Waals surface area (Å²) < 4.78 is 38.5. The molecule has 2 rings (SSSR count). The number of piperidine rings is 1. The predicted octanol–water partition coefficient (Wildman–Crippen LogP) is 4.59. The van der Waals surface area contributed by atoms with Gasteiger partial charge in [-0.15, -0.1) is 0 Å². The zero-order chi connectivity index (χ0) is 15.0. The summed E-state index contributed by atoms with van der Waals surface area (Å²) in [4.78, 5) is 0. The third kappa shape index (κ3) is 3.54. The Balaban J connectivity index is 2.12. The highest BCUT2D eigenvalue weighted by Crippen LogP contribution is 2.38. The molecule has 0 amide bonds. The largest absolute Gasteiger partial charge is 0.391 e. The van der Waals surface area contributed by atoms with Gasteiger partial charge in [-0.2, -0.15) is 13.2 Å². The molecule has 1 aliphatic rings. The fraction of sp³-hybridized carbons (Fsp3) is 0.625. The number of rotatable bonds is 1. The summed E-state index contributed by atoms with van der Waals surface area (Å²) in [6.07, 6.45) is -3.76. The molecule has 20 heavy (non-hydrogen) atoms. The Morgan fingerprint density at radius 3 is 2.15 bits per heavy atom. The molecule has 0 radical (unpaired) electrons. The van der Waals surface area contributed by atoms with Crippen LogP contribution in [0.4, 0.5) is 13.2 Å². The van der Waals surface area contributed by atoms with Gasteiger partial charge in [0.05, 0.1) is 5.92 Å². The lowest BCUT2D eigenvalue weighted by atomic mass is 9.84. The van der Waals surface area contributed by atoms with Gasteiger partial charge in [0.15, 0.2) is 0 Å². The van der Waals surface area contributed by atoms with E-state index in [1.165, 1.54) is 5.56 Å². The van der Waals surface area contributed by atoms with Crippen LogP contribution >= 0.6 is 0 Å². The minimum absolute atomic E-state index is 0.0625. The van der Waals surface area contributed by atoms with Crippen molar-refractivity contribution in [3.8, 4) is 0 Å². The summed E-state index contributed by atoms with van der Waals surface area (Å²) in [5, 5.41) is 3.20. The topological polar surface area (TPSA) is 12.0 Å². The molecule has 1 aromatic rings. The highest BCUT2D eigenvalue weighted by Gasteiger charge is 2.42. The second-order valence-corrected chi connectivity index (χ2v) is 6.64. The summed E-state index contributed by atoms with van der Waals surface area (Å²) in [6.45, 7) is 6.80. The van der Waals surface area contributed by atoms with E-state index in [9.17, 15) is 13.2 Å². The highest BCUT2D eigenvalue weighted by molar-refractivity contribution is 5.29. The van der Waals surface area contributed by atoms with Crippen molar-refractivity contribution in [2.75, 3.05) is 6.54 Å². The molecule has 1 nitrogen and oxygen atoms in total. The maximum absolute atomic E-state index is 12.8. The molecule has 112 valence electrons. The minimum atomic E-state index is -4.08. The van der Waals surface area contributed by atoms with Crippen LogP contribution in [0.2, 0.25) is 0 Å². The second-order valence-electron chi connectivity index (χ2n) is 6.64.